The van der Waals surface area contributed by atoms with Gasteiger partial charge < -0.3 is 5.43 Å². The maximum Gasteiger partial charge on any atom is 0.147 e. The molecule has 2 rings (SSSR count). The third-order valence-corrected chi connectivity index (χ3v) is 2.82. The molecule has 0 amide bonds. The fourth-order valence-electron chi connectivity index (χ4n) is 1.94. The molecule has 0 aromatic carbocycles. The van der Waals surface area contributed by atoms with Crippen LogP contribution in [0.1, 0.15) is 29.7 Å². The Kier molecular flexibility index (Phi) is 3.84. The molecule has 0 atom stereocenters. The highest BCUT2D eigenvalue weighted by molar-refractivity contribution is 5.45. The predicted octanol–water partition coefficient (Wildman–Crippen LogP) is 1.62. The predicted molar refractivity (Wildman–Crippen MR) is 71.0 cm³/mol. The molecule has 0 bridgehead atoms. The first-order valence-electron chi connectivity index (χ1n) is 5.97. The molecule has 0 saturated carbocycles. The molecule has 0 fully saturated rings. The zero-order chi connectivity index (χ0) is 13.0. The van der Waals surface area contributed by atoms with Gasteiger partial charge in [-0.05, 0) is 25.5 Å². The molecule has 5 heteroatoms. The molecule has 5 nitrogen and oxygen atoms in total. The van der Waals surface area contributed by atoms with E-state index in [0.717, 1.165) is 29.2 Å². The van der Waals surface area contributed by atoms with Gasteiger partial charge in [0.25, 0.3) is 0 Å². The SMILES string of the molecule is CCc1c(C)nc(Cc2ccccn2)nc1NN. The summed E-state index contributed by atoms with van der Waals surface area (Å²) in [4.78, 5) is 13.2. The van der Waals surface area contributed by atoms with Crippen LogP contribution < -0.4 is 11.3 Å². The monoisotopic (exact) mass is 243 g/mol. The largest absolute Gasteiger partial charge is 0.308 e. The summed E-state index contributed by atoms with van der Waals surface area (Å²) in [5, 5.41) is 0. The highest BCUT2D eigenvalue weighted by atomic mass is 15.3. The van der Waals surface area contributed by atoms with Crippen molar-refractivity contribution in [3.8, 4) is 0 Å². The van der Waals surface area contributed by atoms with Crippen LogP contribution in [0.4, 0.5) is 5.82 Å². The number of nitrogens with one attached hydrogen (secondary N) is 1. The normalized spacial score (nSPS) is 10.4. The van der Waals surface area contributed by atoms with Crippen molar-refractivity contribution >= 4 is 5.82 Å². The van der Waals surface area contributed by atoms with E-state index in [1.165, 1.54) is 0 Å². The Morgan fingerprint density at radius 2 is 2.11 bits per heavy atom. The number of hydrogen-bond donors (Lipinski definition) is 2. The second kappa shape index (κ2) is 5.55. The summed E-state index contributed by atoms with van der Waals surface area (Å²) in [6, 6.07) is 5.81. The van der Waals surface area contributed by atoms with E-state index >= 15 is 0 Å². The number of anilines is 1. The van der Waals surface area contributed by atoms with Crippen LogP contribution in [0.25, 0.3) is 0 Å². The minimum atomic E-state index is 0.611. The van der Waals surface area contributed by atoms with Crippen LogP contribution in [0.5, 0.6) is 0 Å². The number of hydrogen-bond acceptors (Lipinski definition) is 5. The zero-order valence-corrected chi connectivity index (χ0v) is 10.6. The van der Waals surface area contributed by atoms with E-state index in [0.29, 0.717) is 12.2 Å². The van der Waals surface area contributed by atoms with Gasteiger partial charge in [0.05, 0.1) is 6.42 Å². The summed E-state index contributed by atoms with van der Waals surface area (Å²) in [5.74, 6) is 6.94. The van der Waals surface area contributed by atoms with Crippen LogP contribution in [0.15, 0.2) is 24.4 Å². The van der Waals surface area contributed by atoms with E-state index < -0.39 is 0 Å². The quantitative estimate of drug-likeness (QED) is 0.630. The van der Waals surface area contributed by atoms with Crippen LogP contribution in [0.3, 0.4) is 0 Å². The minimum absolute atomic E-state index is 0.611. The van der Waals surface area contributed by atoms with Gasteiger partial charge in [-0.1, -0.05) is 13.0 Å². The van der Waals surface area contributed by atoms with E-state index in [1.54, 1.807) is 6.20 Å². The summed E-state index contributed by atoms with van der Waals surface area (Å²) < 4.78 is 0. The number of nitrogens with two attached hydrogens (primary N) is 1. The van der Waals surface area contributed by atoms with Gasteiger partial charge in [0.2, 0.25) is 0 Å². The maximum absolute atomic E-state index is 5.50. The number of pyridine rings is 1. The Hall–Kier alpha value is -2.01. The molecule has 2 aromatic heterocycles. The van der Waals surface area contributed by atoms with Crippen molar-refractivity contribution in [2.45, 2.75) is 26.7 Å². The van der Waals surface area contributed by atoms with Gasteiger partial charge in [0.1, 0.15) is 11.6 Å². The highest BCUT2D eigenvalue weighted by Gasteiger charge is 2.09. The fourth-order valence-corrected chi connectivity index (χ4v) is 1.94. The standard InChI is InChI=1S/C13H17N5/c1-3-11-9(2)16-12(17-13(11)18-14)8-10-6-4-5-7-15-10/h4-7H,3,8,14H2,1-2H3,(H,16,17,18). The molecule has 18 heavy (non-hydrogen) atoms. The Labute approximate surface area is 106 Å². The van der Waals surface area contributed by atoms with Crippen LogP contribution in [0, 0.1) is 6.92 Å². The fraction of sp³-hybridized carbons (Fsp3) is 0.308. The van der Waals surface area contributed by atoms with Gasteiger partial charge in [0, 0.05) is 23.1 Å². The summed E-state index contributed by atoms with van der Waals surface area (Å²) >= 11 is 0. The lowest BCUT2D eigenvalue weighted by atomic mass is 10.1. The zero-order valence-electron chi connectivity index (χ0n) is 10.6. The number of nitrogen functional groups attached to an aromatic ring is 1. The molecule has 2 aromatic rings. The summed E-state index contributed by atoms with van der Waals surface area (Å²) in [6.45, 7) is 4.04. The third kappa shape index (κ3) is 2.62. The van der Waals surface area contributed by atoms with E-state index in [4.69, 9.17) is 5.84 Å². The Morgan fingerprint density at radius 3 is 2.72 bits per heavy atom. The number of aryl methyl sites for hydroxylation is 1. The summed E-state index contributed by atoms with van der Waals surface area (Å²) in [6.07, 6.45) is 3.24. The lowest BCUT2D eigenvalue weighted by Gasteiger charge is -2.11. The van der Waals surface area contributed by atoms with Crippen LogP contribution in [-0.4, -0.2) is 15.0 Å². The van der Waals surface area contributed by atoms with Gasteiger partial charge in [-0.3, -0.25) is 4.98 Å². The first kappa shape index (κ1) is 12.4. The van der Waals surface area contributed by atoms with Gasteiger partial charge in [-0.25, -0.2) is 15.8 Å². The Morgan fingerprint density at radius 1 is 1.28 bits per heavy atom. The molecule has 0 saturated heterocycles. The molecule has 0 aliphatic rings. The summed E-state index contributed by atoms with van der Waals surface area (Å²) in [5.41, 5.74) is 5.61. The Bertz CT molecular complexity index is 524. The first-order chi connectivity index (χ1) is 8.74. The van der Waals surface area contributed by atoms with Crippen LogP contribution in [0.2, 0.25) is 0 Å². The van der Waals surface area contributed by atoms with Crippen molar-refractivity contribution < 1.29 is 0 Å². The Balaban J connectivity index is 2.32. The third-order valence-electron chi connectivity index (χ3n) is 2.82. The molecule has 0 aliphatic carbocycles. The maximum atomic E-state index is 5.50. The highest BCUT2D eigenvalue weighted by Crippen LogP contribution is 2.16. The van der Waals surface area contributed by atoms with Crippen molar-refractivity contribution in [3.63, 3.8) is 0 Å². The average molecular weight is 243 g/mol. The van der Waals surface area contributed by atoms with E-state index in [2.05, 4.69) is 27.3 Å². The lowest BCUT2D eigenvalue weighted by molar-refractivity contribution is 0.887. The molecule has 94 valence electrons. The molecule has 0 unspecified atom stereocenters. The van der Waals surface area contributed by atoms with Crippen molar-refractivity contribution in [1.82, 2.24) is 15.0 Å². The molecule has 0 spiro atoms. The van der Waals surface area contributed by atoms with Gasteiger partial charge in [-0.2, -0.15) is 0 Å². The van der Waals surface area contributed by atoms with Crippen molar-refractivity contribution in [2.75, 3.05) is 5.43 Å². The van der Waals surface area contributed by atoms with E-state index in [9.17, 15) is 0 Å². The van der Waals surface area contributed by atoms with Crippen LogP contribution in [-0.2, 0) is 12.8 Å². The molecule has 2 heterocycles. The summed E-state index contributed by atoms with van der Waals surface area (Å²) in [7, 11) is 0. The van der Waals surface area contributed by atoms with Gasteiger partial charge >= 0.3 is 0 Å². The second-order valence-electron chi connectivity index (χ2n) is 4.05. The van der Waals surface area contributed by atoms with Crippen molar-refractivity contribution in [3.05, 3.63) is 47.2 Å². The average Bonchev–Trinajstić information content (AvgIpc) is 2.39. The molecular weight excluding hydrogens is 226 g/mol. The van der Waals surface area contributed by atoms with Gasteiger partial charge in [0.15, 0.2) is 0 Å². The lowest BCUT2D eigenvalue weighted by Crippen LogP contribution is -2.15. The number of aromatic nitrogens is 3. The van der Waals surface area contributed by atoms with E-state index in [-0.39, 0.29) is 0 Å². The minimum Gasteiger partial charge on any atom is -0.308 e. The van der Waals surface area contributed by atoms with Crippen molar-refractivity contribution in [1.29, 1.82) is 0 Å². The smallest absolute Gasteiger partial charge is 0.147 e. The molecule has 0 radical (unpaired) electrons. The number of rotatable bonds is 4. The van der Waals surface area contributed by atoms with Gasteiger partial charge in [-0.15, -0.1) is 0 Å². The molecule has 3 N–H and O–H groups in total. The number of hydrazine groups is 1. The number of nitrogens with zero attached hydrogens (tertiary/aromatic N) is 3. The van der Waals surface area contributed by atoms with E-state index in [1.807, 2.05) is 25.1 Å². The topological polar surface area (TPSA) is 76.7 Å². The first-order valence-corrected chi connectivity index (χ1v) is 5.97. The molecule has 0 aliphatic heterocycles. The molecular formula is C13H17N5. The second-order valence-corrected chi connectivity index (χ2v) is 4.05. The van der Waals surface area contributed by atoms with Crippen molar-refractivity contribution in [2.24, 2.45) is 5.84 Å². The van der Waals surface area contributed by atoms with Crippen LogP contribution >= 0.6 is 0 Å².